The lowest BCUT2D eigenvalue weighted by atomic mass is 9.73. The number of carbonyl (C=O) groups is 2. The van der Waals surface area contributed by atoms with Gasteiger partial charge < -0.3 is 0 Å². The fraction of sp³-hybridized carbons (Fsp3) is 0.111. The molecule has 0 saturated carbocycles. The highest BCUT2D eigenvalue weighted by Crippen LogP contribution is 2.31. The first kappa shape index (κ1) is 15.2. The molecule has 0 bridgehead atoms. The maximum Gasteiger partial charge on any atom is 0.195 e. The van der Waals surface area contributed by atoms with Crippen molar-refractivity contribution in [3.8, 4) is 12.1 Å². The Morgan fingerprint density at radius 3 is 1.55 bits per heavy atom. The number of benzene rings is 2. The standard InChI is InChI=1S/C18H12N2O2/c19-12-11-18(13-20,16(21)14-7-3-1-4-8-14)17(22)15-9-5-2-6-10-15/h1-10H,11H2. The molecule has 0 unspecified atom stereocenters. The molecule has 2 aromatic carbocycles. The number of hydrogen-bond donors (Lipinski definition) is 0. The summed E-state index contributed by atoms with van der Waals surface area (Å²) in [5, 5.41) is 18.5. The number of ketones is 2. The van der Waals surface area contributed by atoms with Crippen molar-refractivity contribution in [2.45, 2.75) is 6.42 Å². The lowest BCUT2D eigenvalue weighted by molar-refractivity contribution is 0.0739. The molecular formula is C18H12N2O2. The molecule has 0 radical (unpaired) electrons. The minimum absolute atomic E-state index is 0.239. The van der Waals surface area contributed by atoms with Gasteiger partial charge in [-0.3, -0.25) is 9.59 Å². The summed E-state index contributed by atoms with van der Waals surface area (Å²) in [5.41, 5.74) is -1.54. The maximum absolute atomic E-state index is 12.7. The Labute approximate surface area is 128 Å². The fourth-order valence-corrected chi connectivity index (χ4v) is 2.20. The zero-order chi connectivity index (χ0) is 16.0. The Kier molecular flexibility index (Phi) is 4.46. The van der Waals surface area contributed by atoms with Crippen LogP contribution in [-0.2, 0) is 0 Å². The molecular weight excluding hydrogens is 276 g/mol. The van der Waals surface area contributed by atoms with Crippen molar-refractivity contribution in [3.63, 3.8) is 0 Å². The van der Waals surface area contributed by atoms with Crippen molar-refractivity contribution in [2.75, 3.05) is 0 Å². The van der Waals surface area contributed by atoms with Crippen LogP contribution < -0.4 is 0 Å². The predicted molar refractivity (Wildman–Crippen MR) is 79.8 cm³/mol. The van der Waals surface area contributed by atoms with Crippen molar-refractivity contribution < 1.29 is 9.59 Å². The van der Waals surface area contributed by atoms with Crippen molar-refractivity contribution in [1.82, 2.24) is 0 Å². The van der Waals surface area contributed by atoms with Crippen LogP contribution in [0.4, 0.5) is 0 Å². The second-order valence-corrected chi connectivity index (χ2v) is 4.74. The number of Topliss-reactive ketones (excluding diaryl/α,β-unsaturated/α-hetero) is 2. The van der Waals surface area contributed by atoms with Crippen LogP contribution in [0.25, 0.3) is 0 Å². The van der Waals surface area contributed by atoms with E-state index in [0.717, 1.165) is 0 Å². The largest absolute Gasteiger partial charge is 0.292 e. The molecule has 2 aromatic rings. The van der Waals surface area contributed by atoms with Gasteiger partial charge in [-0.1, -0.05) is 60.7 Å². The number of nitrogens with zero attached hydrogens (tertiary/aromatic N) is 2. The zero-order valence-corrected chi connectivity index (χ0v) is 11.7. The summed E-state index contributed by atoms with van der Waals surface area (Å²) < 4.78 is 0. The van der Waals surface area contributed by atoms with Gasteiger partial charge in [-0.2, -0.15) is 10.5 Å². The molecule has 0 spiro atoms. The van der Waals surface area contributed by atoms with Gasteiger partial charge in [0.25, 0.3) is 0 Å². The summed E-state index contributed by atoms with van der Waals surface area (Å²) in [6.07, 6.45) is -0.481. The van der Waals surface area contributed by atoms with E-state index in [4.69, 9.17) is 5.26 Å². The molecule has 0 fully saturated rings. The van der Waals surface area contributed by atoms with Crippen LogP contribution in [-0.4, -0.2) is 11.6 Å². The molecule has 106 valence electrons. The van der Waals surface area contributed by atoms with E-state index < -0.39 is 23.4 Å². The smallest absolute Gasteiger partial charge is 0.195 e. The molecule has 0 N–H and O–H groups in total. The van der Waals surface area contributed by atoms with Crippen LogP contribution in [0, 0.1) is 28.1 Å². The highest BCUT2D eigenvalue weighted by molar-refractivity contribution is 6.22. The molecule has 2 rings (SSSR count). The van der Waals surface area contributed by atoms with E-state index in [2.05, 4.69) is 0 Å². The van der Waals surface area contributed by atoms with Gasteiger partial charge in [-0.15, -0.1) is 0 Å². The maximum atomic E-state index is 12.7. The molecule has 0 aliphatic rings. The van der Waals surface area contributed by atoms with E-state index in [-0.39, 0.29) is 11.1 Å². The first-order chi connectivity index (χ1) is 10.7. The number of carbonyl (C=O) groups excluding carboxylic acids is 2. The second kappa shape index (κ2) is 6.47. The van der Waals surface area contributed by atoms with Crippen LogP contribution in [0.1, 0.15) is 27.1 Å². The van der Waals surface area contributed by atoms with Crippen LogP contribution in [0.5, 0.6) is 0 Å². The van der Waals surface area contributed by atoms with E-state index in [0.29, 0.717) is 0 Å². The number of nitriles is 2. The number of hydrogen-bond acceptors (Lipinski definition) is 4. The van der Waals surface area contributed by atoms with Crippen molar-refractivity contribution in [1.29, 1.82) is 10.5 Å². The summed E-state index contributed by atoms with van der Waals surface area (Å²) in [6, 6.07) is 19.8. The summed E-state index contributed by atoms with van der Waals surface area (Å²) in [5.74, 6) is -1.29. The van der Waals surface area contributed by atoms with E-state index in [1.807, 2.05) is 0 Å². The van der Waals surface area contributed by atoms with Gasteiger partial charge >= 0.3 is 0 Å². The quantitative estimate of drug-likeness (QED) is 0.625. The van der Waals surface area contributed by atoms with Gasteiger partial charge in [0.1, 0.15) is 0 Å². The summed E-state index contributed by atoms with van der Waals surface area (Å²) in [6.45, 7) is 0. The zero-order valence-electron chi connectivity index (χ0n) is 11.7. The highest BCUT2D eigenvalue weighted by atomic mass is 16.2. The van der Waals surface area contributed by atoms with Crippen LogP contribution >= 0.6 is 0 Å². The summed E-state index contributed by atoms with van der Waals surface area (Å²) in [4.78, 5) is 25.4. The molecule has 22 heavy (non-hydrogen) atoms. The van der Waals surface area contributed by atoms with Gasteiger partial charge in [-0.05, 0) is 0 Å². The molecule has 0 aliphatic carbocycles. The first-order valence-electron chi connectivity index (χ1n) is 6.63. The minimum Gasteiger partial charge on any atom is -0.292 e. The monoisotopic (exact) mass is 288 g/mol. The summed E-state index contributed by atoms with van der Waals surface area (Å²) >= 11 is 0. The molecule has 0 saturated heterocycles. The van der Waals surface area contributed by atoms with E-state index in [1.165, 1.54) is 24.3 Å². The Morgan fingerprint density at radius 1 is 0.818 bits per heavy atom. The SMILES string of the molecule is N#CCC(C#N)(C(=O)c1ccccc1)C(=O)c1ccccc1. The van der Waals surface area contributed by atoms with Crippen molar-refractivity contribution in [2.24, 2.45) is 5.41 Å². The van der Waals surface area contributed by atoms with Gasteiger partial charge in [0.2, 0.25) is 0 Å². The average molecular weight is 288 g/mol. The molecule has 0 aliphatic heterocycles. The third kappa shape index (κ3) is 2.63. The Morgan fingerprint density at radius 2 is 1.23 bits per heavy atom. The van der Waals surface area contributed by atoms with Crippen molar-refractivity contribution >= 4 is 11.6 Å². The lowest BCUT2D eigenvalue weighted by Crippen LogP contribution is -2.38. The highest BCUT2D eigenvalue weighted by Gasteiger charge is 2.46. The molecule has 4 heteroatoms. The van der Waals surface area contributed by atoms with Gasteiger partial charge in [0.15, 0.2) is 17.0 Å². The topological polar surface area (TPSA) is 81.7 Å². The molecule has 4 nitrogen and oxygen atoms in total. The van der Waals surface area contributed by atoms with Gasteiger partial charge in [0, 0.05) is 11.1 Å². The third-order valence-corrected chi connectivity index (χ3v) is 3.38. The normalized spacial score (nSPS) is 10.3. The summed E-state index contributed by atoms with van der Waals surface area (Å²) in [7, 11) is 0. The second-order valence-electron chi connectivity index (χ2n) is 4.74. The van der Waals surface area contributed by atoms with Crippen LogP contribution in [0.3, 0.4) is 0 Å². The Balaban J connectivity index is 2.54. The lowest BCUT2D eigenvalue weighted by Gasteiger charge is -2.21. The Bertz CT molecular complexity index is 717. The third-order valence-electron chi connectivity index (χ3n) is 3.38. The van der Waals surface area contributed by atoms with Crippen LogP contribution in [0.15, 0.2) is 60.7 Å². The first-order valence-corrected chi connectivity index (χ1v) is 6.63. The minimum atomic E-state index is -2.02. The van der Waals surface area contributed by atoms with Gasteiger partial charge in [0.05, 0.1) is 18.6 Å². The molecule has 0 aromatic heterocycles. The Hall–Kier alpha value is -3.24. The van der Waals surface area contributed by atoms with E-state index in [1.54, 1.807) is 48.5 Å². The van der Waals surface area contributed by atoms with E-state index >= 15 is 0 Å². The van der Waals surface area contributed by atoms with Crippen LogP contribution in [0.2, 0.25) is 0 Å². The molecule has 0 atom stereocenters. The van der Waals surface area contributed by atoms with Crippen molar-refractivity contribution in [3.05, 3.63) is 71.8 Å². The van der Waals surface area contributed by atoms with Gasteiger partial charge in [-0.25, -0.2) is 0 Å². The predicted octanol–water partition coefficient (Wildman–Crippen LogP) is 3.18. The van der Waals surface area contributed by atoms with E-state index in [9.17, 15) is 14.9 Å². The molecule has 0 heterocycles. The average Bonchev–Trinajstić information content (AvgIpc) is 2.60. The number of rotatable bonds is 5. The fourth-order valence-electron chi connectivity index (χ4n) is 2.20. The molecule has 0 amide bonds.